The Hall–Kier alpha value is -3.04. The molecular weight excluding hydrogens is 425 g/mol. The van der Waals surface area contributed by atoms with Crippen molar-refractivity contribution >= 4 is 44.8 Å². The molecule has 0 atom stereocenters. The highest BCUT2D eigenvalue weighted by molar-refractivity contribution is 8.01. The smallest absolute Gasteiger partial charge is 0.270 e. The van der Waals surface area contributed by atoms with Gasteiger partial charge in [-0.3, -0.25) is 14.9 Å². The largest absolute Gasteiger partial charge is 0.318 e. The minimum Gasteiger partial charge on any atom is -0.318 e. The number of halogens is 1. The Labute approximate surface area is 179 Å². The van der Waals surface area contributed by atoms with E-state index in [1.54, 1.807) is 18.2 Å². The lowest BCUT2D eigenvalue weighted by Crippen LogP contribution is -2.05. The van der Waals surface area contributed by atoms with Crippen LogP contribution in [0.1, 0.15) is 21.7 Å². The van der Waals surface area contributed by atoms with E-state index in [0.29, 0.717) is 20.1 Å². The zero-order valence-electron chi connectivity index (χ0n) is 16.1. The van der Waals surface area contributed by atoms with Crippen LogP contribution in [0.25, 0.3) is 15.9 Å². The van der Waals surface area contributed by atoms with E-state index in [-0.39, 0.29) is 23.0 Å². The third-order valence-corrected chi connectivity index (χ3v) is 6.87. The third-order valence-electron chi connectivity index (χ3n) is 4.71. The summed E-state index contributed by atoms with van der Waals surface area (Å²) >= 11 is 2.65. The topological polar surface area (TPSA) is 78.0 Å². The molecule has 4 aromatic rings. The molecule has 0 saturated heterocycles. The molecule has 2 aromatic carbocycles. The maximum absolute atomic E-state index is 13.2. The van der Waals surface area contributed by atoms with Crippen molar-refractivity contribution in [3.05, 3.63) is 81.4 Å². The normalized spacial score (nSPS) is 11.2. The molecule has 0 aliphatic carbocycles. The molecule has 0 fully saturated rings. The van der Waals surface area contributed by atoms with Crippen molar-refractivity contribution in [2.45, 2.75) is 18.2 Å². The number of nitrogens with zero attached hydrogens (tertiary/aromatic N) is 3. The molecule has 4 rings (SSSR count). The number of carbonyl (C=O) groups excluding carboxylic acids is 1. The van der Waals surface area contributed by atoms with Gasteiger partial charge in [-0.05, 0) is 50.2 Å². The number of benzene rings is 2. The fourth-order valence-corrected chi connectivity index (χ4v) is 5.29. The van der Waals surface area contributed by atoms with Crippen molar-refractivity contribution < 1.29 is 14.1 Å². The molecule has 0 radical (unpaired) electrons. The number of hydrogen-bond donors (Lipinski definition) is 0. The lowest BCUT2D eigenvalue weighted by Gasteiger charge is -2.09. The first-order valence-corrected chi connectivity index (χ1v) is 10.8. The minimum atomic E-state index is -0.438. The van der Waals surface area contributed by atoms with Gasteiger partial charge in [-0.1, -0.05) is 11.8 Å². The van der Waals surface area contributed by atoms with Gasteiger partial charge in [0, 0.05) is 34.8 Å². The number of non-ortho nitro benzene ring substituents is 1. The number of fused-ring (bicyclic) bond motifs is 1. The van der Waals surface area contributed by atoms with E-state index < -0.39 is 4.92 Å². The van der Waals surface area contributed by atoms with Gasteiger partial charge in [0.25, 0.3) is 5.69 Å². The number of carbonyl (C=O) groups is 1. The molecule has 0 aliphatic rings. The Kier molecular flexibility index (Phi) is 5.40. The van der Waals surface area contributed by atoms with Crippen LogP contribution in [0.15, 0.2) is 52.9 Å². The van der Waals surface area contributed by atoms with Gasteiger partial charge in [0.05, 0.1) is 20.9 Å². The van der Waals surface area contributed by atoms with Crippen LogP contribution in [0.3, 0.4) is 0 Å². The second-order valence-electron chi connectivity index (χ2n) is 6.70. The molecule has 0 aliphatic heterocycles. The molecule has 30 heavy (non-hydrogen) atoms. The number of thiazole rings is 1. The van der Waals surface area contributed by atoms with Crippen molar-refractivity contribution in [3.63, 3.8) is 0 Å². The number of rotatable bonds is 6. The minimum absolute atomic E-state index is 0.0204. The fourth-order valence-electron chi connectivity index (χ4n) is 3.31. The molecule has 2 aromatic heterocycles. The Balaban J connectivity index is 1.53. The first-order valence-electron chi connectivity index (χ1n) is 8.99. The molecule has 0 unspecified atom stereocenters. The predicted octanol–water partition coefficient (Wildman–Crippen LogP) is 5.73. The number of nitro groups is 1. The van der Waals surface area contributed by atoms with E-state index in [1.807, 2.05) is 24.5 Å². The number of Topliss-reactive ketones (excluding diaryl/α,β-unsaturated/α-hetero) is 1. The summed E-state index contributed by atoms with van der Waals surface area (Å²) in [5, 5.41) is 10.9. The first kappa shape index (κ1) is 20.2. The Morgan fingerprint density at radius 3 is 2.63 bits per heavy atom. The summed E-state index contributed by atoms with van der Waals surface area (Å²) in [7, 11) is 0. The van der Waals surface area contributed by atoms with Gasteiger partial charge in [-0.15, -0.1) is 11.3 Å². The monoisotopic (exact) mass is 441 g/mol. The highest BCUT2D eigenvalue weighted by Gasteiger charge is 2.18. The van der Waals surface area contributed by atoms with E-state index in [9.17, 15) is 19.3 Å². The highest BCUT2D eigenvalue weighted by atomic mass is 32.2. The lowest BCUT2D eigenvalue weighted by atomic mass is 10.2. The van der Waals surface area contributed by atoms with Crippen molar-refractivity contribution in [1.29, 1.82) is 0 Å². The number of aromatic nitrogens is 2. The summed E-state index contributed by atoms with van der Waals surface area (Å²) in [6.45, 7) is 3.77. The Bertz CT molecular complexity index is 1280. The van der Waals surface area contributed by atoms with Crippen molar-refractivity contribution in [1.82, 2.24) is 9.55 Å². The standard InChI is InChI=1S/C21H16FN3O3S2/c1-12-9-17(13(2)24(12)15-5-3-14(22)4-6-15)19(26)11-29-21-23-18-8-7-16(25(27)28)10-20(18)30-21/h3-10H,11H2,1-2H3. The van der Waals surface area contributed by atoms with Gasteiger partial charge in [0.2, 0.25) is 0 Å². The quantitative estimate of drug-likeness (QED) is 0.165. The van der Waals surface area contributed by atoms with E-state index in [2.05, 4.69) is 4.98 Å². The average Bonchev–Trinajstić information content (AvgIpc) is 3.26. The van der Waals surface area contributed by atoms with Gasteiger partial charge in [0.1, 0.15) is 5.82 Å². The van der Waals surface area contributed by atoms with Crippen LogP contribution in [0.5, 0.6) is 0 Å². The predicted molar refractivity (Wildman–Crippen MR) is 117 cm³/mol. The van der Waals surface area contributed by atoms with E-state index >= 15 is 0 Å². The Morgan fingerprint density at radius 2 is 1.93 bits per heavy atom. The van der Waals surface area contributed by atoms with Crippen LogP contribution in [-0.2, 0) is 0 Å². The fraction of sp³-hybridized carbons (Fsp3) is 0.143. The number of hydrogen-bond acceptors (Lipinski definition) is 6. The molecule has 0 bridgehead atoms. The second-order valence-corrected chi connectivity index (χ2v) is 8.95. The second kappa shape index (κ2) is 8.00. The zero-order chi connectivity index (χ0) is 21.4. The lowest BCUT2D eigenvalue weighted by molar-refractivity contribution is -0.384. The summed E-state index contributed by atoms with van der Waals surface area (Å²) in [6.07, 6.45) is 0. The first-order chi connectivity index (χ1) is 14.3. The third kappa shape index (κ3) is 3.86. The van der Waals surface area contributed by atoms with Crippen LogP contribution >= 0.6 is 23.1 Å². The van der Waals surface area contributed by atoms with Crippen LogP contribution in [0, 0.1) is 29.8 Å². The molecule has 6 nitrogen and oxygen atoms in total. The van der Waals surface area contributed by atoms with Gasteiger partial charge >= 0.3 is 0 Å². The van der Waals surface area contributed by atoms with Gasteiger partial charge < -0.3 is 4.57 Å². The van der Waals surface area contributed by atoms with Crippen molar-refractivity contribution in [2.75, 3.05) is 5.75 Å². The summed E-state index contributed by atoms with van der Waals surface area (Å²) in [5.74, 6) is -0.142. The van der Waals surface area contributed by atoms with E-state index in [1.165, 1.54) is 47.4 Å². The van der Waals surface area contributed by atoms with Crippen LogP contribution in [-0.4, -0.2) is 26.0 Å². The van der Waals surface area contributed by atoms with Crippen molar-refractivity contribution in [3.8, 4) is 5.69 Å². The Morgan fingerprint density at radius 1 is 1.20 bits per heavy atom. The summed E-state index contributed by atoms with van der Waals surface area (Å²) in [5.41, 5.74) is 3.79. The SMILES string of the molecule is Cc1cc(C(=O)CSc2nc3ccc([N+](=O)[O-])cc3s2)c(C)n1-c1ccc(F)cc1. The van der Waals surface area contributed by atoms with E-state index in [0.717, 1.165) is 17.1 Å². The highest BCUT2D eigenvalue weighted by Crippen LogP contribution is 2.32. The number of aryl methyl sites for hydroxylation is 1. The van der Waals surface area contributed by atoms with Crippen molar-refractivity contribution in [2.24, 2.45) is 0 Å². The summed E-state index contributed by atoms with van der Waals surface area (Å²) in [4.78, 5) is 27.8. The maximum atomic E-state index is 13.2. The van der Waals surface area contributed by atoms with Crippen LogP contribution in [0.4, 0.5) is 10.1 Å². The van der Waals surface area contributed by atoms with Gasteiger partial charge in [0.15, 0.2) is 10.1 Å². The van der Waals surface area contributed by atoms with Crippen LogP contribution in [0.2, 0.25) is 0 Å². The molecule has 0 saturated carbocycles. The van der Waals surface area contributed by atoms with E-state index in [4.69, 9.17) is 0 Å². The molecule has 0 amide bonds. The maximum Gasteiger partial charge on any atom is 0.270 e. The summed E-state index contributed by atoms with van der Waals surface area (Å²) < 4.78 is 16.6. The molecular formula is C21H16FN3O3S2. The van der Waals surface area contributed by atoms with Gasteiger partial charge in [-0.2, -0.15) is 0 Å². The van der Waals surface area contributed by atoms with Gasteiger partial charge in [-0.25, -0.2) is 9.37 Å². The molecule has 9 heteroatoms. The average molecular weight is 442 g/mol. The molecule has 0 N–H and O–H groups in total. The van der Waals surface area contributed by atoms with Crippen LogP contribution < -0.4 is 0 Å². The number of nitro benzene ring substituents is 1. The summed E-state index contributed by atoms with van der Waals surface area (Å²) in [6, 6.07) is 12.5. The number of ketones is 1. The number of thioether (sulfide) groups is 1. The molecule has 2 heterocycles. The molecule has 0 spiro atoms. The zero-order valence-corrected chi connectivity index (χ0v) is 17.7. The molecule has 152 valence electrons.